The maximum Gasteiger partial charge on any atom is 0.309 e. The zero-order valence-corrected chi connectivity index (χ0v) is 8.31. The third-order valence-corrected chi connectivity index (χ3v) is 3.10. The Labute approximate surface area is 79.6 Å². The molecule has 74 valence electrons. The van der Waals surface area contributed by atoms with Gasteiger partial charge in [0, 0.05) is 0 Å². The molecule has 2 nitrogen and oxygen atoms in total. The van der Waals surface area contributed by atoms with Gasteiger partial charge in [0.2, 0.25) is 0 Å². The minimum atomic E-state index is -0.625. The van der Waals surface area contributed by atoms with Crippen molar-refractivity contribution in [2.75, 3.05) is 0 Å². The lowest BCUT2D eigenvalue weighted by atomic mass is 9.80. The Hall–Kier alpha value is -0.790. The van der Waals surface area contributed by atoms with Crippen LogP contribution in [0.25, 0.3) is 0 Å². The second-order valence-corrected chi connectivity index (χ2v) is 4.07. The highest BCUT2D eigenvalue weighted by molar-refractivity contribution is 5.75. The number of allylic oxidation sites excluding steroid dienone is 1. The first-order valence-corrected chi connectivity index (χ1v) is 5.01. The van der Waals surface area contributed by atoms with Crippen LogP contribution in [0.15, 0.2) is 12.2 Å². The van der Waals surface area contributed by atoms with Crippen LogP contribution in [0, 0.1) is 5.41 Å². The summed E-state index contributed by atoms with van der Waals surface area (Å²) in [5.74, 6) is -0.625. The first-order chi connectivity index (χ1) is 6.10. The summed E-state index contributed by atoms with van der Waals surface area (Å²) in [4.78, 5) is 11.1. The van der Waals surface area contributed by atoms with E-state index in [-0.39, 0.29) is 0 Å². The van der Waals surface area contributed by atoms with Gasteiger partial charge in [-0.1, -0.05) is 31.9 Å². The van der Waals surface area contributed by atoms with Crippen LogP contribution in [0.1, 0.15) is 45.4 Å². The molecule has 1 N–H and O–H groups in total. The summed E-state index contributed by atoms with van der Waals surface area (Å²) in [6.45, 7) is 5.94. The van der Waals surface area contributed by atoms with Crippen LogP contribution < -0.4 is 0 Å². The average molecular weight is 182 g/mol. The van der Waals surface area contributed by atoms with Crippen molar-refractivity contribution in [1.82, 2.24) is 0 Å². The van der Waals surface area contributed by atoms with Gasteiger partial charge in [-0.25, -0.2) is 0 Å². The summed E-state index contributed by atoms with van der Waals surface area (Å²) in [6.07, 6.45) is 5.36. The summed E-state index contributed by atoms with van der Waals surface area (Å²) in [7, 11) is 0. The van der Waals surface area contributed by atoms with E-state index in [1.165, 1.54) is 0 Å². The maximum absolute atomic E-state index is 11.1. The maximum atomic E-state index is 11.1. The van der Waals surface area contributed by atoms with Gasteiger partial charge in [-0.2, -0.15) is 0 Å². The minimum Gasteiger partial charge on any atom is -0.481 e. The Morgan fingerprint density at radius 2 is 2.00 bits per heavy atom. The SMILES string of the molecule is C=C(CC)CC1(C(=O)O)CCCC1. The normalized spacial score (nSPS) is 20.1. The number of rotatable bonds is 4. The molecule has 0 aromatic rings. The molecular weight excluding hydrogens is 164 g/mol. The Morgan fingerprint density at radius 3 is 2.38 bits per heavy atom. The van der Waals surface area contributed by atoms with E-state index in [2.05, 4.69) is 6.58 Å². The molecule has 1 aliphatic rings. The van der Waals surface area contributed by atoms with Gasteiger partial charge in [0.05, 0.1) is 5.41 Å². The number of aliphatic carboxylic acids is 1. The van der Waals surface area contributed by atoms with E-state index in [9.17, 15) is 4.79 Å². The second kappa shape index (κ2) is 3.95. The molecular formula is C11H18O2. The van der Waals surface area contributed by atoms with Crippen molar-refractivity contribution in [2.24, 2.45) is 5.41 Å². The van der Waals surface area contributed by atoms with Crippen molar-refractivity contribution in [3.63, 3.8) is 0 Å². The lowest BCUT2D eigenvalue weighted by molar-refractivity contribution is -0.148. The molecule has 1 aliphatic carbocycles. The van der Waals surface area contributed by atoms with E-state index >= 15 is 0 Å². The number of carbonyl (C=O) groups is 1. The van der Waals surface area contributed by atoms with Crippen molar-refractivity contribution < 1.29 is 9.90 Å². The Balaban J connectivity index is 2.68. The Bertz CT molecular complexity index is 212. The smallest absolute Gasteiger partial charge is 0.309 e. The van der Waals surface area contributed by atoms with Gasteiger partial charge in [0.1, 0.15) is 0 Å². The van der Waals surface area contributed by atoms with E-state index in [1.807, 2.05) is 6.92 Å². The fourth-order valence-electron chi connectivity index (χ4n) is 2.12. The van der Waals surface area contributed by atoms with Crippen molar-refractivity contribution in [3.8, 4) is 0 Å². The van der Waals surface area contributed by atoms with E-state index in [4.69, 9.17) is 5.11 Å². The highest BCUT2D eigenvalue weighted by Crippen LogP contribution is 2.43. The summed E-state index contributed by atoms with van der Waals surface area (Å²) >= 11 is 0. The van der Waals surface area contributed by atoms with Gasteiger partial charge in [0.15, 0.2) is 0 Å². The fraction of sp³-hybridized carbons (Fsp3) is 0.727. The highest BCUT2D eigenvalue weighted by Gasteiger charge is 2.40. The van der Waals surface area contributed by atoms with Crippen LogP contribution in [-0.2, 0) is 4.79 Å². The van der Waals surface area contributed by atoms with E-state index in [1.54, 1.807) is 0 Å². The summed E-state index contributed by atoms with van der Waals surface area (Å²) in [6, 6.07) is 0. The predicted molar refractivity (Wildman–Crippen MR) is 52.6 cm³/mol. The van der Waals surface area contributed by atoms with Crippen molar-refractivity contribution in [3.05, 3.63) is 12.2 Å². The zero-order chi connectivity index (χ0) is 9.90. The third-order valence-electron chi connectivity index (χ3n) is 3.10. The van der Waals surface area contributed by atoms with Crippen molar-refractivity contribution >= 4 is 5.97 Å². The molecule has 0 heterocycles. The summed E-state index contributed by atoms with van der Waals surface area (Å²) < 4.78 is 0. The number of carboxylic acids is 1. The molecule has 0 bridgehead atoms. The molecule has 0 saturated heterocycles. The van der Waals surface area contributed by atoms with Gasteiger partial charge < -0.3 is 5.11 Å². The molecule has 0 amide bonds. The summed E-state index contributed by atoms with van der Waals surface area (Å²) in [5, 5.41) is 9.17. The average Bonchev–Trinajstić information content (AvgIpc) is 2.54. The van der Waals surface area contributed by atoms with Crippen LogP contribution in [0.3, 0.4) is 0 Å². The monoisotopic (exact) mass is 182 g/mol. The van der Waals surface area contributed by atoms with E-state index in [0.29, 0.717) is 6.42 Å². The predicted octanol–water partition coefficient (Wildman–Crippen LogP) is 2.99. The topological polar surface area (TPSA) is 37.3 Å². The van der Waals surface area contributed by atoms with Gasteiger partial charge in [0.25, 0.3) is 0 Å². The fourth-order valence-corrected chi connectivity index (χ4v) is 2.12. The van der Waals surface area contributed by atoms with E-state index < -0.39 is 11.4 Å². The molecule has 0 aliphatic heterocycles. The first-order valence-electron chi connectivity index (χ1n) is 5.01. The molecule has 1 fully saturated rings. The Kier molecular flexibility index (Phi) is 3.12. The molecule has 1 saturated carbocycles. The molecule has 0 radical (unpaired) electrons. The zero-order valence-electron chi connectivity index (χ0n) is 8.31. The van der Waals surface area contributed by atoms with Crippen molar-refractivity contribution in [1.29, 1.82) is 0 Å². The molecule has 0 aromatic carbocycles. The summed E-state index contributed by atoms with van der Waals surface area (Å²) in [5.41, 5.74) is 0.608. The van der Waals surface area contributed by atoms with Gasteiger partial charge in [-0.15, -0.1) is 0 Å². The van der Waals surface area contributed by atoms with Crippen molar-refractivity contribution in [2.45, 2.75) is 45.4 Å². The molecule has 1 rings (SSSR count). The molecule has 0 aromatic heterocycles. The van der Waals surface area contributed by atoms with Crippen LogP contribution >= 0.6 is 0 Å². The third kappa shape index (κ3) is 2.11. The quantitative estimate of drug-likeness (QED) is 0.678. The van der Waals surface area contributed by atoms with Crippen LogP contribution in [0.5, 0.6) is 0 Å². The Morgan fingerprint density at radius 1 is 1.46 bits per heavy atom. The lowest BCUT2D eigenvalue weighted by Gasteiger charge is -2.24. The molecule has 0 unspecified atom stereocenters. The molecule has 2 heteroatoms. The van der Waals surface area contributed by atoms with Crippen LogP contribution in [0.4, 0.5) is 0 Å². The number of carboxylic acid groups (broad SMARTS) is 1. The van der Waals surface area contributed by atoms with Gasteiger partial charge in [-0.3, -0.25) is 4.79 Å². The lowest BCUT2D eigenvalue weighted by Crippen LogP contribution is -2.28. The largest absolute Gasteiger partial charge is 0.481 e. The molecule has 0 spiro atoms. The van der Waals surface area contributed by atoms with Gasteiger partial charge >= 0.3 is 5.97 Å². The van der Waals surface area contributed by atoms with Crippen LogP contribution in [-0.4, -0.2) is 11.1 Å². The number of hydrogen-bond donors (Lipinski definition) is 1. The molecule has 13 heavy (non-hydrogen) atoms. The standard InChI is InChI=1S/C11H18O2/c1-3-9(2)8-11(10(12)13)6-4-5-7-11/h2-8H2,1H3,(H,12,13). The first kappa shape index (κ1) is 10.3. The van der Waals surface area contributed by atoms with Crippen LogP contribution in [0.2, 0.25) is 0 Å². The molecule has 0 atom stereocenters. The van der Waals surface area contributed by atoms with E-state index in [0.717, 1.165) is 37.7 Å². The minimum absolute atomic E-state index is 0.465. The second-order valence-electron chi connectivity index (χ2n) is 4.07. The highest BCUT2D eigenvalue weighted by atomic mass is 16.4. The van der Waals surface area contributed by atoms with Gasteiger partial charge in [-0.05, 0) is 25.7 Å². The number of hydrogen-bond acceptors (Lipinski definition) is 1.